The maximum Gasteiger partial charge on any atom is 0.418 e. The molecule has 1 aliphatic heterocycles. The third-order valence-corrected chi connectivity index (χ3v) is 6.26. The molecule has 1 atom stereocenters. The lowest BCUT2D eigenvalue weighted by atomic mass is 9.99. The molecule has 1 saturated heterocycles. The Labute approximate surface area is 175 Å². The van der Waals surface area contributed by atoms with Crippen LogP contribution in [0.4, 0.5) is 18.9 Å². The lowest BCUT2D eigenvalue weighted by Gasteiger charge is -2.31. The quantitative estimate of drug-likeness (QED) is 0.705. The summed E-state index contributed by atoms with van der Waals surface area (Å²) in [6.07, 6.45) is -2.35. The highest BCUT2D eigenvalue weighted by molar-refractivity contribution is 7.89. The van der Waals surface area contributed by atoms with Gasteiger partial charge in [-0.15, -0.1) is 0 Å². The average Bonchev–Trinajstić information content (AvgIpc) is 2.66. The fourth-order valence-electron chi connectivity index (χ4n) is 3.83. The predicted molar refractivity (Wildman–Crippen MR) is 110 cm³/mol. The van der Waals surface area contributed by atoms with Gasteiger partial charge in [-0.1, -0.05) is 31.2 Å². The number of anilines is 1. The molecule has 3 N–H and O–H groups in total. The fraction of sp³-hybridized carbons (Fsp3) is 0.429. The van der Waals surface area contributed by atoms with E-state index in [0.29, 0.717) is 12.0 Å². The van der Waals surface area contributed by atoms with Crippen LogP contribution in [0.25, 0.3) is 0 Å². The molecule has 0 bridgehead atoms. The van der Waals surface area contributed by atoms with Gasteiger partial charge >= 0.3 is 6.18 Å². The van der Waals surface area contributed by atoms with Gasteiger partial charge in [0, 0.05) is 25.3 Å². The highest BCUT2D eigenvalue weighted by Gasteiger charge is 2.34. The number of hydrogen-bond donors (Lipinski definition) is 2. The number of primary sulfonamides is 1. The van der Waals surface area contributed by atoms with Crippen LogP contribution in [0.1, 0.15) is 36.5 Å². The zero-order valence-corrected chi connectivity index (χ0v) is 17.6. The molecule has 1 heterocycles. The van der Waals surface area contributed by atoms with E-state index in [2.05, 4.69) is 17.1 Å². The van der Waals surface area contributed by atoms with Crippen molar-refractivity contribution < 1.29 is 21.6 Å². The van der Waals surface area contributed by atoms with E-state index in [0.717, 1.165) is 49.3 Å². The number of sulfonamides is 1. The van der Waals surface area contributed by atoms with Gasteiger partial charge in [0.25, 0.3) is 0 Å². The Hall–Kier alpha value is -2.10. The molecule has 5 nitrogen and oxygen atoms in total. The van der Waals surface area contributed by atoms with E-state index in [9.17, 15) is 21.6 Å². The van der Waals surface area contributed by atoms with Crippen LogP contribution in [0, 0.1) is 5.92 Å². The molecule has 9 heteroatoms. The van der Waals surface area contributed by atoms with Gasteiger partial charge in [0.15, 0.2) is 0 Å². The molecular formula is C21H26F3N3O2S. The van der Waals surface area contributed by atoms with Gasteiger partial charge < -0.3 is 5.32 Å². The SMILES string of the molecule is CC1CCCN(Cc2ccccc2CNc2ccc(S(N)(=O)=O)cc2C(F)(F)F)C1. The monoisotopic (exact) mass is 441 g/mol. The van der Waals surface area contributed by atoms with Crippen molar-refractivity contribution in [2.24, 2.45) is 11.1 Å². The molecule has 0 spiro atoms. The second-order valence-electron chi connectivity index (χ2n) is 7.85. The van der Waals surface area contributed by atoms with E-state index < -0.39 is 26.7 Å². The zero-order chi connectivity index (χ0) is 21.9. The number of likely N-dealkylation sites (tertiary alicyclic amines) is 1. The second kappa shape index (κ2) is 8.95. The van der Waals surface area contributed by atoms with Gasteiger partial charge in [-0.2, -0.15) is 13.2 Å². The summed E-state index contributed by atoms with van der Waals surface area (Å²) in [6.45, 7) is 5.19. The van der Waals surface area contributed by atoms with E-state index in [1.807, 2.05) is 24.3 Å². The van der Waals surface area contributed by atoms with Crippen molar-refractivity contribution in [2.75, 3.05) is 18.4 Å². The molecule has 30 heavy (non-hydrogen) atoms. The molecule has 0 saturated carbocycles. The van der Waals surface area contributed by atoms with Crippen molar-refractivity contribution in [3.63, 3.8) is 0 Å². The summed E-state index contributed by atoms with van der Waals surface area (Å²) in [7, 11) is -4.23. The topological polar surface area (TPSA) is 75.4 Å². The van der Waals surface area contributed by atoms with Crippen LogP contribution in [0.5, 0.6) is 0 Å². The van der Waals surface area contributed by atoms with Crippen LogP contribution in [0.15, 0.2) is 47.4 Å². The zero-order valence-electron chi connectivity index (χ0n) is 16.7. The number of rotatable bonds is 6. The van der Waals surface area contributed by atoms with Gasteiger partial charge in [0.05, 0.1) is 10.5 Å². The van der Waals surface area contributed by atoms with Crippen LogP contribution in [-0.4, -0.2) is 26.4 Å². The summed E-state index contributed by atoms with van der Waals surface area (Å²) >= 11 is 0. The van der Waals surface area contributed by atoms with Crippen molar-refractivity contribution in [3.05, 3.63) is 59.2 Å². The molecule has 3 rings (SSSR count). The lowest BCUT2D eigenvalue weighted by molar-refractivity contribution is -0.137. The summed E-state index contributed by atoms with van der Waals surface area (Å²) in [6, 6.07) is 10.4. The van der Waals surface area contributed by atoms with Crippen molar-refractivity contribution in [1.29, 1.82) is 0 Å². The van der Waals surface area contributed by atoms with Gasteiger partial charge in [0.1, 0.15) is 0 Å². The highest BCUT2D eigenvalue weighted by atomic mass is 32.2. The van der Waals surface area contributed by atoms with Gasteiger partial charge in [0.2, 0.25) is 10.0 Å². The fourth-order valence-corrected chi connectivity index (χ4v) is 4.37. The first kappa shape index (κ1) is 22.6. The first-order valence-electron chi connectivity index (χ1n) is 9.81. The molecular weight excluding hydrogens is 415 g/mol. The molecule has 1 unspecified atom stereocenters. The number of nitrogens with zero attached hydrogens (tertiary/aromatic N) is 1. The Morgan fingerprint density at radius 1 is 1.17 bits per heavy atom. The van der Waals surface area contributed by atoms with E-state index >= 15 is 0 Å². The number of benzene rings is 2. The molecule has 0 aliphatic carbocycles. The Balaban J connectivity index is 1.80. The normalized spacial score (nSPS) is 18.4. The largest absolute Gasteiger partial charge is 0.418 e. The Kier molecular flexibility index (Phi) is 6.74. The van der Waals surface area contributed by atoms with Crippen LogP contribution in [-0.2, 0) is 29.3 Å². The van der Waals surface area contributed by atoms with Gasteiger partial charge in [-0.25, -0.2) is 13.6 Å². The molecule has 0 radical (unpaired) electrons. The van der Waals surface area contributed by atoms with Crippen molar-refractivity contribution in [2.45, 2.75) is 43.9 Å². The van der Waals surface area contributed by atoms with E-state index in [-0.39, 0.29) is 12.2 Å². The maximum atomic E-state index is 13.5. The smallest absolute Gasteiger partial charge is 0.380 e. The summed E-state index contributed by atoms with van der Waals surface area (Å²) < 4.78 is 63.3. The van der Waals surface area contributed by atoms with E-state index in [4.69, 9.17) is 5.14 Å². The number of piperidine rings is 1. The minimum Gasteiger partial charge on any atom is -0.380 e. The highest BCUT2D eigenvalue weighted by Crippen LogP contribution is 2.36. The standard InChI is InChI=1S/C21H26F3N3O2S/c1-15-5-4-10-27(13-15)14-17-7-3-2-6-16(17)12-26-20-9-8-18(30(25,28)29)11-19(20)21(22,23)24/h2-3,6-9,11,15,26H,4-5,10,12-14H2,1H3,(H2,25,28,29). The maximum absolute atomic E-state index is 13.5. The number of hydrogen-bond acceptors (Lipinski definition) is 4. The van der Waals surface area contributed by atoms with Crippen LogP contribution in [0.2, 0.25) is 0 Å². The van der Waals surface area contributed by atoms with Crippen LogP contribution in [0.3, 0.4) is 0 Å². The van der Waals surface area contributed by atoms with Crippen LogP contribution < -0.4 is 10.5 Å². The van der Waals surface area contributed by atoms with E-state index in [1.165, 1.54) is 6.42 Å². The van der Waals surface area contributed by atoms with Gasteiger partial charge in [-0.3, -0.25) is 4.90 Å². The molecule has 0 aromatic heterocycles. The van der Waals surface area contributed by atoms with E-state index in [1.54, 1.807) is 0 Å². The molecule has 0 amide bonds. The number of nitrogens with one attached hydrogen (secondary N) is 1. The summed E-state index contributed by atoms with van der Waals surface area (Å²) in [5, 5.41) is 7.81. The Bertz CT molecular complexity index is 993. The first-order chi connectivity index (χ1) is 14.0. The molecule has 2 aromatic rings. The lowest BCUT2D eigenvalue weighted by Crippen LogP contribution is -2.34. The molecule has 1 fully saturated rings. The summed E-state index contributed by atoms with van der Waals surface area (Å²) in [5.74, 6) is 0.635. The Morgan fingerprint density at radius 2 is 1.87 bits per heavy atom. The summed E-state index contributed by atoms with van der Waals surface area (Å²) in [5.41, 5.74) is 0.723. The molecule has 2 aromatic carbocycles. The minimum absolute atomic E-state index is 0.184. The van der Waals surface area contributed by atoms with Crippen LogP contribution >= 0.6 is 0 Å². The third kappa shape index (κ3) is 5.74. The van der Waals surface area contributed by atoms with Crippen molar-refractivity contribution in [1.82, 2.24) is 4.90 Å². The number of nitrogens with two attached hydrogens (primary N) is 1. The first-order valence-corrected chi connectivity index (χ1v) is 11.4. The molecule has 1 aliphatic rings. The van der Waals surface area contributed by atoms with Crippen molar-refractivity contribution >= 4 is 15.7 Å². The minimum atomic E-state index is -4.72. The number of alkyl halides is 3. The third-order valence-electron chi connectivity index (χ3n) is 5.35. The average molecular weight is 442 g/mol. The summed E-state index contributed by atoms with van der Waals surface area (Å²) in [4.78, 5) is 1.80. The second-order valence-corrected chi connectivity index (χ2v) is 9.42. The number of halogens is 3. The molecule has 164 valence electrons. The Morgan fingerprint density at radius 3 is 2.50 bits per heavy atom. The van der Waals surface area contributed by atoms with Gasteiger partial charge in [-0.05, 0) is 54.6 Å². The predicted octanol–water partition coefficient (Wildman–Crippen LogP) is 4.20. The van der Waals surface area contributed by atoms with Crippen molar-refractivity contribution in [3.8, 4) is 0 Å².